The molecular formula is C19H20FNO3S. The van der Waals surface area contributed by atoms with E-state index in [-0.39, 0.29) is 16.6 Å². The van der Waals surface area contributed by atoms with Gasteiger partial charge in [0.1, 0.15) is 5.82 Å². The van der Waals surface area contributed by atoms with Crippen LogP contribution in [0, 0.1) is 5.82 Å². The van der Waals surface area contributed by atoms with Crippen LogP contribution in [-0.2, 0) is 26.6 Å². The Hall–Kier alpha value is -2.21. The third-order valence-electron chi connectivity index (χ3n) is 4.84. The van der Waals surface area contributed by atoms with Crippen LogP contribution in [0.2, 0.25) is 0 Å². The molecule has 0 radical (unpaired) electrons. The maximum absolute atomic E-state index is 13.1. The van der Waals surface area contributed by atoms with Crippen molar-refractivity contribution in [3.63, 3.8) is 0 Å². The fraction of sp³-hybridized carbons (Fsp3) is 0.316. The molecule has 1 fully saturated rings. The molecule has 1 aliphatic carbocycles. The Labute approximate surface area is 147 Å². The lowest BCUT2D eigenvalue weighted by Crippen LogP contribution is -2.49. The van der Waals surface area contributed by atoms with E-state index in [0.717, 1.165) is 36.6 Å². The molecule has 3 rings (SSSR count). The highest BCUT2D eigenvalue weighted by Gasteiger charge is 2.45. The number of amides is 1. The number of carbonyl (C=O) groups is 1. The topological polar surface area (TPSA) is 63.2 Å². The lowest BCUT2D eigenvalue weighted by atomic mass is 9.64. The van der Waals surface area contributed by atoms with Crippen molar-refractivity contribution < 1.29 is 17.6 Å². The van der Waals surface area contributed by atoms with Gasteiger partial charge in [-0.25, -0.2) is 12.8 Å². The minimum Gasteiger partial charge on any atom is -0.351 e. The van der Waals surface area contributed by atoms with Crippen LogP contribution >= 0.6 is 0 Å². The Morgan fingerprint density at radius 1 is 1.08 bits per heavy atom. The molecule has 0 spiro atoms. The van der Waals surface area contributed by atoms with Gasteiger partial charge in [-0.2, -0.15) is 0 Å². The van der Waals surface area contributed by atoms with Crippen molar-refractivity contribution in [2.45, 2.75) is 36.1 Å². The molecule has 0 unspecified atom stereocenters. The summed E-state index contributed by atoms with van der Waals surface area (Å²) in [5.41, 5.74) is 1.08. The second kappa shape index (κ2) is 6.59. The van der Waals surface area contributed by atoms with Gasteiger partial charge in [-0.1, -0.05) is 30.7 Å². The van der Waals surface area contributed by atoms with Gasteiger partial charge in [0.25, 0.3) is 0 Å². The molecule has 2 aromatic rings. The Bertz CT molecular complexity index is 870. The van der Waals surface area contributed by atoms with Crippen LogP contribution in [0.3, 0.4) is 0 Å². The van der Waals surface area contributed by atoms with Crippen molar-refractivity contribution >= 4 is 15.7 Å². The first-order valence-electron chi connectivity index (χ1n) is 8.15. The van der Waals surface area contributed by atoms with Crippen LogP contribution in [0.15, 0.2) is 53.4 Å². The van der Waals surface area contributed by atoms with E-state index < -0.39 is 15.3 Å². The average molecular weight is 361 g/mol. The minimum atomic E-state index is -3.23. The van der Waals surface area contributed by atoms with Gasteiger partial charge in [0.05, 0.1) is 10.3 Å². The van der Waals surface area contributed by atoms with E-state index in [1.165, 1.54) is 24.3 Å². The molecule has 0 aliphatic heterocycles. The molecule has 1 aliphatic rings. The molecule has 0 bridgehead atoms. The molecule has 1 amide bonds. The highest BCUT2D eigenvalue weighted by atomic mass is 32.2. The summed E-state index contributed by atoms with van der Waals surface area (Å²) in [5.74, 6) is -0.387. The van der Waals surface area contributed by atoms with Crippen molar-refractivity contribution in [2.75, 3.05) is 6.26 Å². The predicted octanol–water partition coefficient (Wildman–Crippen LogP) is 2.97. The van der Waals surface area contributed by atoms with Crippen molar-refractivity contribution in [1.29, 1.82) is 0 Å². The first-order chi connectivity index (χ1) is 11.8. The fourth-order valence-corrected chi connectivity index (χ4v) is 3.78. The van der Waals surface area contributed by atoms with E-state index in [1.807, 2.05) is 0 Å². The normalized spacial score (nSPS) is 16.1. The van der Waals surface area contributed by atoms with Crippen molar-refractivity contribution in [3.05, 3.63) is 65.5 Å². The zero-order valence-electron chi connectivity index (χ0n) is 14.0. The van der Waals surface area contributed by atoms with Gasteiger partial charge in [0, 0.05) is 12.8 Å². The third-order valence-corrected chi connectivity index (χ3v) is 5.97. The van der Waals surface area contributed by atoms with E-state index in [1.54, 1.807) is 24.3 Å². The van der Waals surface area contributed by atoms with E-state index >= 15 is 0 Å². The lowest BCUT2D eigenvalue weighted by Gasteiger charge is -2.40. The molecule has 4 nitrogen and oxygen atoms in total. The summed E-state index contributed by atoms with van der Waals surface area (Å²) < 4.78 is 36.1. The number of rotatable bonds is 5. The monoisotopic (exact) mass is 361 g/mol. The number of hydrogen-bond acceptors (Lipinski definition) is 3. The fourth-order valence-electron chi connectivity index (χ4n) is 3.15. The molecule has 0 saturated heterocycles. The van der Waals surface area contributed by atoms with E-state index in [9.17, 15) is 17.6 Å². The second-order valence-electron chi connectivity index (χ2n) is 6.54. The lowest BCUT2D eigenvalue weighted by molar-refractivity contribution is -0.130. The van der Waals surface area contributed by atoms with E-state index in [0.29, 0.717) is 6.54 Å². The summed E-state index contributed by atoms with van der Waals surface area (Å²) >= 11 is 0. The van der Waals surface area contributed by atoms with Gasteiger partial charge in [-0.3, -0.25) is 4.79 Å². The van der Waals surface area contributed by atoms with Crippen LogP contribution < -0.4 is 5.32 Å². The number of nitrogens with one attached hydrogen (secondary N) is 1. The van der Waals surface area contributed by atoms with Crippen molar-refractivity contribution in [1.82, 2.24) is 5.32 Å². The second-order valence-corrected chi connectivity index (χ2v) is 8.56. The first-order valence-corrected chi connectivity index (χ1v) is 10.0. The van der Waals surface area contributed by atoms with Crippen LogP contribution in [0.5, 0.6) is 0 Å². The van der Waals surface area contributed by atoms with Gasteiger partial charge < -0.3 is 5.32 Å². The number of halogens is 1. The quantitative estimate of drug-likeness (QED) is 0.891. The summed E-state index contributed by atoms with van der Waals surface area (Å²) in [6.45, 7) is 0.325. The van der Waals surface area contributed by atoms with Crippen molar-refractivity contribution in [2.24, 2.45) is 0 Å². The zero-order valence-corrected chi connectivity index (χ0v) is 14.8. The number of sulfone groups is 1. The minimum absolute atomic E-state index is 0.0717. The first kappa shape index (κ1) is 17.6. The maximum atomic E-state index is 13.1. The van der Waals surface area contributed by atoms with Crippen LogP contribution in [-0.4, -0.2) is 20.6 Å². The van der Waals surface area contributed by atoms with Crippen LogP contribution in [0.25, 0.3) is 0 Å². The van der Waals surface area contributed by atoms with Gasteiger partial charge in [0.15, 0.2) is 9.84 Å². The standard InChI is InChI=1S/C19H20FNO3S/c1-25(23,24)17-9-3-14(4-10-17)13-21-18(22)19(11-2-12-19)15-5-7-16(20)8-6-15/h3-10H,2,11-13H2,1H3,(H,21,22). The third kappa shape index (κ3) is 3.58. The molecule has 25 heavy (non-hydrogen) atoms. The molecule has 6 heteroatoms. The van der Waals surface area contributed by atoms with Gasteiger partial charge >= 0.3 is 0 Å². The SMILES string of the molecule is CS(=O)(=O)c1ccc(CNC(=O)C2(c3ccc(F)cc3)CCC2)cc1. The van der Waals surface area contributed by atoms with E-state index in [2.05, 4.69) is 5.32 Å². The van der Waals surface area contributed by atoms with Gasteiger partial charge in [-0.15, -0.1) is 0 Å². The Balaban J connectivity index is 1.70. The molecule has 0 atom stereocenters. The molecule has 0 aromatic heterocycles. The predicted molar refractivity (Wildman–Crippen MR) is 93.3 cm³/mol. The smallest absolute Gasteiger partial charge is 0.230 e. The molecule has 1 saturated carbocycles. The van der Waals surface area contributed by atoms with E-state index in [4.69, 9.17) is 0 Å². The van der Waals surface area contributed by atoms with Crippen LogP contribution in [0.1, 0.15) is 30.4 Å². The molecule has 1 N–H and O–H groups in total. The number of carbonyl (C=O) groups excluding carboxylic acids is 1. The van der Waals surface area contributed by atoms with Gasteiger partial charge in [-0.05, 0) is 48.2 Å². The molecular weight excluding hydrogens is 341 g/mol. The average Bonchev–Trinajstić information content (AvgIpc) is 2.53. The molecule has 2 aromatic carbocycles. The highest BCUT2D eigenvalue weighted by molar-refractivity contribution is 7.90. The highest BCUT2D eigenvalue weighted by Crippen LogP contribution is 2.44. The molecule has 0 heterocycles. The molecule has 132 valence electrons. The maximum Gasteiger partial charge on any atom is 0.230 e. The Kier molecular flexibility index (Phi) is 4.64. The summed E-state index contributed by atoms with van der Waals surface area (Å²) in [7, 11) is -3.23. The Morgan fingerprint density at radius 2 is 1.68 bits per heavy atom. The number of benzene rings is 2. The largest absolute Gasteiger partial charge is 0.351 e. The van der Waals surface area contributed by atoms with Crippen molar-refractivity contribution in [3.8, 4) is 0 Å². The summed E-state index contributed by atoms with van der Waals surface area (Å²) in [4.78, 5) is 13.0. The van der Waals surface area contributed by atoms with Gasteiger partial charge in [0.2, 0.25) is 5.91 Å². The van der Waals surface area contributed by atoms with Crippen LogP contribution in [0.4, 0.5) is 4.39 Å². The number of hydrogen-bond donors (Lipinski definition) is 1. The summed E-state index contributed by atoms with van der Waals surface area (Å²) in [5, 5.41) is 2.93. The zero-order chi connectivity index (χ0) is 18.1. The summed E-state index contributed by atoms with van der Waals surface area (Å²) in [6.07, 6.45) is 3.62. The Morgan fingerprint density at radius 3 is 2.16 bits per heavy atom. The summed E-state index contributed by atoms with van der Waals surface area (Å²) in [6, 6.07) is 12.6.